The molecule has 0 radical (unpaired) electrons. The maximum atomic E-state index is 5.61. The van der Waals surface area contributed by atoms with Gasteiger partial charge < -0.3 is 13.6 Å². The number of imidazole rings is 1. The first-order valence-electron chi connectivity index (χ1n) is 9.71. The number of benzene rings is 2. The fourth-order valence-electron chi connectivity index (χ4n) is 3.77. The summed E-state index contributed by atoms with van der Waals surface area (Å²) in [7, 11) is 0. The van der Waals surface area contributed by atoms with Crippen molar-refractivity contribution in [2.75, 3.05) is 0 Å². The van der Waals surface area contributed by atoms with Crippen LogP contribution in [0.5, 0.6) is 0 Å². The van der Waals surface area contributed by atoms with E-state index in [1.54, 1.807) is 6.92 Å². The summed E-state index contributed by atoms with van der Waals surface area (Å²) in [6.07, 6.45) is 3.98. The highest BCUT2D eigenvalue weighted by Gasteiger charge is 2.17. The minimum Gasteiger partial charge on any atom is -0.424 e. The van der Waals surface area contributed by atoms with Gasteiger partial charge in [0.2, 0.25) is 11.8 Å². The Morgan fingerprint density at radius 3 is 2.55 bits per heavy atom. The molecule has 5 aromatic rings. The Labute approximate surface area is 168 Å². The molecule has 0 spiro atoms. The maximum Gasteiger partial charge on any atom is 0.236 e. The fraction of sp³-hybridized carbons (Fsp3) is 0.174. The van der Waals surface area contributed by atoms with Crippen LogP contribution in [0.2, 0.25) is 0 Å². The molecule has 0 fully saturated rings. The third-order valence-electron chi connectivity index (χ3n) is 5.15. The van der Waals surface area contributed by atoms with E-state index >= 15 is 0 Å². The molecule has 0 saturated heterocycles. The first-order chi connectivity index (χ1) is 14.2. The summed E-state index contributed by atoms with van der Waals surface area (Å²) >= 11 is 0. The standard InChI is InChI=1S/C23H21N5O/c1-3-27-12-11-17-9-10-19(13-20(17)27)23-22(18-7-5-4-6-8-18)24-15-28(23)14-21-26-25-16(2)29-21/h4-13,15H,3,14H2,1-2H3. The molecule has 6 heteroatoms. The van der Waals surface area contributed by atoms with E-state index < -0.39 is 0 Å². The van der Waals surface area contributed by atoms with E-state index in [1.807, 2.05) is 24.5 Å². The zero-order chi connectivity index (χ0) is 19.8. The summed E-state index contributed by atoms with van der Waals surface area (Å²) in [4.78, 5) is 4.74. The van der Waals surface area contributed by atoms with Crippen molar-refractivity contribution < 1.29 is 4.42 Å². The Bertz CT molecular complexity index is 1280. The summed E-state index contributed by atoms with van der Waals surface area (Å²) < 4.78 is 9.94. The van der Waals surface area contributed by atoms with Gasteiger partial charge in [0.25, 0.3) is 0 Å². The van der Waals surface area contributed by atoms with Gasteiger partial charge in [-0.3, -0.25) is 0 Å². The molecule has 0 aliphatic heterocycles. The van der Waals surface area contributed by atoms with Crippen LogP contribution in [0.3, 0.4) is 0 Å². The van der Waals surface area contributed by atoms with Crippen LogP contribution in [0.4, 0.5) is 0 Å². The molecular weight excluding hydrogens is 362 g/mol. The predicted molar refractivity (Wildman–Crippen MR) is 112 cm³/mol. The van der Waals surface area contributed by atoms with Gasteiger partial charge in [-0.1, -0.05) is 42.5 Å². The van der Waals surface area contributed by atoms with Crippen molar-refractivity contribution in [1.29, 1.82) is 0 Å². The van der Waals surface area contributed by atoms with Crippen LogP contribution in [-0.4, -0.2) is 24.3 Å². The van der Waals surface area contributed by atoms with Gasteiger partial charge in [-0.05, 0) is 24.4 Å². The molecule has 3 aromatic heterocycles. The van der Waals surface area contributed by atoms with E-state index in [0.717, 1.165) is 29.1 Å². The van der Waals surface area contributed by atoms with Crippen molar-refractivity contribution in [2.45, 2.75) is 26.9 Å². The third kappa shape index (κ3) is 3.12. The number of fused-ring (bicyclic) bond motifs is 1. The van der Waals surface area contributed by atoms with Crippen LogP contribution in [0.25, 0.3) is 33.4 Å². The normalized spacial score (nSPS) is 11.4. The quantitative estimate of drug-likeness (QED) is 0.432. The van der Waals surface area contributed by atoms with Gasteiger partial charge in [-0.2, -0.15) is 0 Å². The number of rotatable bonds is 5. The lowest BCUT2D eigenvalue weighted by Crippen LogP contribution is -2.02. The molecule has 0 saturated carbocycles. The van der Waals surface area contributed by atoms with Gasteiger partial charge >= 0.3 is 0 Å². The number of nitrogens with zero attached hydrogens (tertiary/aromatic N) is 5. The average Bonchev–Trinajstić information content (AvgIpc) is 3.46. The van der Waals surface area contributed by atoms with Gasteiger partial charge in [-0.15, -0.1) is 10.2 Å². The summed E-state index contributed by atoms with van der Waals surface area (Å²) in [5, 5.41) is 9.34. The lowest BCUT2D eigenvalue weighted by Gasteiger charge is -2.11. The van der Waals surface area contributed by atoms with E-state index in [9.17, 15) is 0 Å². The molecule has 144 valence electrons. The second-order valence-electron chi connectivity index (χ2n) is 7.03. The van der Waals surface area contributed by atoms with Crippen LogP contribution < -0.4 is 0 Å². The zero-order valence-corrected chi connectivity index (χ0v) is 16.4. The Morgan fingerprint density at radius 2 is 1.79 bits per heavy atom. The van der Waals surface area contributed by atoms with Gasteiger partial charge in [-0.25, -0.2) is 4.98 Å². The van der Waals surface area contributed by atoms with E-state index in [0.29, 0.717) is 18.3 Å². The molecular formula is C23H21N5O. The largest absolute Gasteiger partial charge is 0.424 e. The van der Waals surface area contributed by atoms with Crippen molar-refractivity contribution >= 4 is 10.9 Å². The summed E-state index contributed by atoms with van der Waals surface area (Å²) in [5.41, 5.74) is 5.38. The molecule has 0 atom stereocenters. The molecule has 0 unspecified atom stereocenters. The minimum absolute atomic E-state index is 0.475. The van der Waals surface area contributed by atoms with Crippen LogP contribution in [0, 0.1) is 6.92 Å². The van der Waals surface area contributed by atoms with E-state index in [1.165, 1.54) is 10.9 Å². The molecule has 0 bridgehead atoms. The van der Waals surface area contributed by atoms with Gasteiger partial charge in [0.05, 0.1) is 17.7 Å². The lowest BCUT2D eigenvalue weighted by atomic mass is 10.0. The molecule has 29 heavy (non-hydrogen) atoms. The minimum atomic E-state index is 0.475. The van der Waals surface area contributed by atoms with Crippen LogP contribution >= 0.6 is 0 Å². The Balaban J connectivity index is 1.69. The SMILES string of the molecule is CCn1ccc2ccc(-c3c(-c4ccccc4)ncn3Cc3nnc(C)o3)cc21. The molecule has 2 aromatic carbocycles. The molecule has 3 heterocycles. The second-order valence-corrected chi connectivity index (χ2v) is 7.03. The first kappa shape index (κ1) is 17.4. The Morgan fingerprint density at radius 1 is 0.931 bits per heavy atom. The molecule has 6 nitrogen and oxygen atoms in total. The second kappa shape index (κ2) is 7.05. The highest BCUT2D eigenvalue weighted by molar-refractivity contribution is 5.88. The van der Waals surface area contributed by atoms with Crippen molar-refractivity contribution in [3.05, 3.63) is 78.9 Å². The number of aryl methyl sites for hydroxylation is 2. The number of hydrogen-bond acceptors (Lipinski definition) is 4. The summed E-state index contributed by atoms with van der Waals surface area (Å²) in [6.45, 7) is 5.36. The molecule has 0 N–H and O–H groups in total. The summed E-state index contributed by atoms with van der Waals surface area (Å²) in [5.74, 6) is 1.13. The van der Waals surface area contributed by atoms with Crippen LogP contribution in [0.1, 0.15) is 18.7 Å². The van der Waals surface area contributed by atoms with E-state index in [2.05, 4.69) is 68.9 Å². The van der Waals surface area contributed by atoms with Crippen molar-refractivity contribution in [1.82, 2.24) is 24.3 Å². The molecule has 0 amide bonds. The van der Waals surface area contributed by atoms with Gasteiger partial charge in [0.1, 0.15) is 6.54 Å². The lowest BCUT2D eigenvalue weighted by molar-refractivity contribution is 0.455. The van der Waals surface area contributed by atoms with Crippen molar-refractivity contribution in [3.63, 3.8) is 0 Å². The number of aromatic nitrogens is 5. The predicted octanol–water partition coefficient (Wildman–Crippen LogP) is 4.93. The zero-order valence-electron chi connectivity index (χ0n) is 16.4. The average molecular weight is 383 g/mol. The van der Waals surface area contributed by atoms with Crippen LogP contribution in [-0.2, 0) is 13.1 Å². The Kier molecular flexibility index (Phi) is 4.24. The Hall–Kier alpha value is -3.67. The highest BCUT2D eigenvalue weighted by Crippen LogP contribution is 2.33. The monoisotopic (exact) mass is 383 g/mol. The highest BCUT2D eigenvalue weighted by atomic mass is 16.4. The smallest absolute Gasteiger partial charge is 0.236 e. The molecule has 0 aliphatic carbocycles. The van der Waals surface area contributed by atoms with E-state index in [4.69, 9.17) is 9.40 Å². The number of hydrogen-bond donors (Lipinski definition) is 0. The topological polar surface area (TPSA) is 61.7 Å². The van der Waals surface area contributed by atoms with Gasteiger partial charge in [0.15, 0.2) is 0 Å². The summed E-state index contributed by atoms with van der Waals surface area (Å²) in [6, 6.07) is 19.0. The molecule has 0 aliphatic rings. The van der Waals surface area contributed by atoms with E-state index in [-0.39, 0.29) is 0 Å². The van der Waals surface area contributed by atoms with Crippen molar-refractivity contribution in [2.24, 2.45) is 0 Å². The first-order valence-corrected chi connectivity index (χ1v) is 9.71. The third-order valence-corrected chi connectivity index (χ3v) is 5.15. The van der Waals surface area contributed by atoms with Crippen LogP contribution in [0.15, 0.2) is 71.5 Å². The molecule has 5 rings (SSSR count). The van der Waals surface area contributed by atoms with Crippen molar-refractivity contribution in [3.8, 4) is 22.5 Å². The fourth-order valence-corrected chi connectivity index (χ4v) is 3.77. The maximum absolute atomic E-state index is 5.61. The van der Waals surface area contributed by atoms with Gasteiger partial charge in [0, 0.05) is 36.3 Å².